The van der Waals surface area contributed by atoms with Crippen molar-refractivity contribution >= 4 is 39.3 Å². The summed E-state index contributed by atoms with van der Waals surface area (Å²) in [6.45, 7) is 0.218. The van der Waals surface area contributed by atoms with Gasteiger partial charge < -0.3 is 14.4 Å². The number of likely N-dealkylation sites (tertiary alicyclic amines) is 2. The lowest BCUT2D eigenvalue weighted by Crippen LogP contribution is -2.75. The predicted octanol–water partition coefficient (Wildman–Crippen LogP) is 4.55. The number of ether oxygens (including phenoxy) is 2. The Labute approximate surface area is 233 Å². The molecule has 4 aromatic rings. The molecule has 0 unspecified atom stereocenters. The quantitative estimate of drug-likeness (QED) is 0.280. The zero-order valence-corrected chi connectivity index (χ0v) is 23.1. The topological polar surface area (TPSA) is 76.1 Å². The summed E-state index contributed by atoms with van der Waals surface area (Å²) in [5, 5.41) is 3.87. The molecule has 2 saturated heterocycles. The van der Waals surface area contributed by atoms with Gasteiger partial charge in [0.15, 0.2) is 16.6 Å². The van der Waals surface area contributed by atoms with E-state index < -0.39 is 40.6 Å². The molecular formula is C33H32N2O5. The van der Waals surface area contributed by atoms with E-state index in [1.54, 1.807) is 0 Å². The molecule has 4 aromatic carbocycles. The van der Waals surface area contributed by atoms with E-state index >= 15 is 4.79 Å². The zero-order chi connectivity index (χ0) is 28.2. The van der Waals surface area contributed by atoms with Crippen LogP contribution < -0.4 is 0 Å². The average Bonchev–Trinajstić information content (AvgIpc) is 2.98. The van der Waals surface area contributed by atoms with Crippen molar-refractivity contribution in [3.63, 3.8) is 0 Å². The minimum atomic E-state index is -1.67. The van der Waals surface area contributed by atoms with Crippen molar-refractivity contribution in [1.82, 2.24) is 9.80 Å². The first kappa shape index (κ1) is 26.2. The van der Waals surface area contributed by atoms with Crippen LogP contribution in [0.25, 0.3) is 21.5 Å². The maximum atomic E-state index is 15.1. The number of rotatable bonds is 4. The number of hydrogen-bond donors (Lipinski definition) is 0. The number of methoxy groups -OCH3 is 2. The highest BCUT2D eigenvalue weighted by Crippen LogP contribution is 2.61. The molecule has 2 heterocycles. The molecule has 204 valence electrons. The van der Waals surface area contributed by atoms with Crippen molar-refractivity contribution in [3.05, 3.63) is 96.1 Å². The minimum absolute atomic E-state index is 0.109. The summed E-state index contributed by atoms with van der Waals surface area (Å²) in [6, 6.07) is 26.3. The second-order valence-corrected chi connectivity index (χ2v) is 11.0. The molecule has 2 aliphatic heterocycles. The molecule has 2 bridgehead atoms. The van der Waals surface area contributed by atoms with Crippen molar-refractivity contribution in [3.8, 4) is 0 Å². The van der Waals surface area contributed by atoms with Crippen molar-refractivity contribution < 1.29 is 23.9 Å². The Balaban J connectivity index is 1.74. The normalized spacial score (nSPS) is 27.1. The molecule has 0 amide bonds. The third kappa shape index (κ3) is 3.41. The number of ketones is 1. The fourth-order valence-corrected chi connectivity index (χ4v) is 7.56. The van der Waals surface area contributed by atoms with Gasteiger partial charge in [-0.2, -0.15) is 0 Å². The number of piperidine rings is 2. The molecule has 6 rings (SSSR count). The van der Waals surface area contributed by atoms with Gasteiger partial charge in [0.2, 0.25) is 0 Å². The first-order chi connectivity index (χ1) is 19.3. The Morgan fingerprint density at radius 3 is 1.50 bits per heavy atom. The van der Waals surface area contributed by atoms with Gasteiger partial charge in [-0.3, -0.25) is 19.3 Å². The Morgan fingerprint density at radius 2 is 1.07 bits per heavy atom. The molecule has 7 heteroatoms. The molecule has 2 fully saturated rings. The molecule has 0 aromatic heterocycles. The first-order valence-electron chi connectivity index (χ1n) is 13.4. The molecule has 40 heavy (non-hydrogen) atoms. The largest absolute Gasteiger partial charge is 0.468 e. The van der Waals surface area contributed by atoms with Gasteiger partial charge >= 0.3 is 11.9 Å². The molecule has 0 aliphatic carbocycles. The van der Waals surface area contributed by atoms with Crippen molar-refractivity contribution in [2.75, 3.05) is 41.4 Å². The molecular weight excluding hydrogens is 504 g/mol. The van der Waals surface area contributed by atoms with Crippen LogP contribution in [0.3, 0.4) is 0 Å². The third-order valence-corrected chi connectivity index (χ3v) is 8.93. The van der Waals surface area contributed by atoms with Crippen LogP contribution in [0.1, 0.15) is 23.2 Å². The number of hydrogen-bond acceptors (Lipinski definition) is 7. The van der Waals surface area contributed by atoms with Crippen molar-refractivity contribution in [2.45, 2.75) is 12.1 Å². The van der Waals surface area contributed by atoms with Gasteiger partial charge in [-0.05, 0) is 46.8 Å². The van der Waals surface area contributed by atoms with Crippen LogP contribution in [0, 0.1) is 10.8 Å². The lowest BCUT2D eigenvalue weighted by Gasteiger charge is -2.61. The Bertz CT molecular complexity index is 1540. The third-order valence-electron chi connectivity index (χ3n) is 8.93. The number of carbonyl (C=O) groups excluding carboxylic acids is 3. The molecule has 0 saturated carbocycles. The highest BCUT2D eigenvalue weighted by atomic mass is 16.5. The fraction of sp³-hybridized carbons (Fsp3) is 0.303. The fourth-order valence-electron chi connectivity index (χ4n) is 7.56. The average molecular weight is 537 g/mol. The molecule has 2 aliphatic rings. The van der Waals surface area contributed by atoms with Crippen LogP contribution in [0.15, 0.2) is 84.9 Å². The minimum Gasteiger partial charge on any atom is -0.468 e. The van der Waals surface area contributed by atoms with E-state index in [0.717, 1.165) is 32.7 Å². The predicted molar refractivity (Wildman–Crippen MR) is 153 cm³/mol. The van der Waals surface area contributed by atoms with E-state index in [1.807, 2.05) is 109 Å². The number of benzene rings is 4. The van der Waals surface area contributed by atoms with E-state index in [-0.39, 0.29) is 13.1 Å². The van der Waals surface area contributed by atoms with Gasteiger partial charge in [0, 0.05) is 13.1 Å². The van der Waals surface area contributed by atoms with Crippen LogP contribution in [0.4, 0.5) is 0 Å². The van der Waals surface area contributed by atoms with Gasteiger partial charge in [-0.1, -0.05) is 84.9 Å². The van der Waals surface area contributed by atoms with Gasteiger partial charge in [0.1, 0.15) is 0 Å². The van der Waals surface area contributed by atoms with Crippen LogP contribution in [-0.2, 0) is 23.9 Å². The highest BCUT2D eigenvalue weighted by Gasteiger charge is 2.74. The Hall–Kier alpha value is -4.07. The molecule has 0 spiro atoms. The summed E-state index contributed by atoms with van der Waals surface area (Å²) < 4.78 is 10.8. The van der Waals surface area contributed by atoms with Crippen LogP contribution >= 0.6 is 0 Å². The summed E-state index contributed by atoms with van der Waals surface area (Å²) in [7, 11) is 6.35. The van der Waals surface area contributed by atoms with E-state index in [0.29, 0.717) is 0 Å². The molecule has 4 atom stereocenters. The number of fused-ring (bicyclic) bond motifs is 4. The smallest absolute Gasteiger partial charge is 0.322 e. The van der Waals surface area contributed by atoms with Crippen molar-refractivity contribution in [1.29, 1.82) is 0 Å². The van der Waals surface area contributed by atoms with Crippen LogP contribution in [0.5, 0.6) is 0 Å². The standard InChI is InChI=1S/C33H32N2O5/c1-34-19-32(30(37)39-3)27(25-17-9-13-21-11-5-7-15-23(21)25)35(2)28(33(20-34,29(32)36)31(38)40-4)26-18-10-14-22-12-6-8-16-24(22)26/h5-18,27-28H,19-20H2,1-4H3/t27-,28+,32-,33+. The SMILES string of the molecule is COC(=O)[C@]12CN(C)C[C@](C(=O)OC)(C1=O)[C@@H](c1cccc3ccccc13)N(C)[C@H]2c1cccc2ccccc12. The van der Waals surface area contributed by atoms with Crippen molar-refractivity contribution in [2.24, 2.45) is 10.8 Å². The van der Waals surface area contributed by atoms with E-state index in [1.165, 1.54) is 14.2 Å². The Morgan fingerprint density at radius 1 is 0.675 bits per heavy atom. The lowest BCUT2D eigenvalue weighted by molar-refractivity contribution is -0.202. The maximum Gasteiger partial charge on any atom is 0.322 e. The highest BCUT2D eigenvalue weighted by molar-refractivity contribution is 6.18. The summed E-state index contributed by atoms with van der Waals surface area (Å²) in [6.07, 6.45) is 0. The van der Waals surface area contributed by atoms with E-state index in [2.05, 4.69) is 0 Å². The van der Waals surface area contributed by atoms with E-state index in [4.69, 9.17) is 9.47 Å². The number of nitrogens with zero attached hydrogens (tertiary/aromatic N) is 2. The van der Waals surface area contributed by atoms with Gasteiger partial charge in [0.05, 0.1) is 26.3 Å². The molecule has 7 nitrogen and oxygen atoms in total. The summed E-state index contributed by atoms with van der Waals surface area (Å²) in [5.41, 5.74) is -1.68. The number of esters is 2. The summed E-state index contributed by atoms with van der Waals surface area (Å²) >= 11 is 0. The molecule has 0 radical (unpaired) electrons. The monoisotopic (exact) mass is 536 g/mol. The zero-order valence-electron chi connectivity index (χ0n) is 23.1. The number of carbonyl (C=O) groups is 3. The van der Waals surface area contributed by atoms with Gasteiger partial charge in [-0.15, -0.1) is 0 Å². The summed E-state index contributed by atoms with van der Waals surface area (Å²) in [5.74, 6) is -1.76. The second kappa shape index (κ2) is 9.54. The van der Waals surface area contributed by atoms with Gasteiger partial charge in [0.25, 0.3) is 0 Å². The lowest BCUT2D eigenvalue weighted by atomic mass is 9.53. The first-order valence-corrected chi connectivity index (χ1v) is 13.4. The van der Waals surface area contributed by atoms with Crippen LogP contribution in [-0.4, -0.2) is 68.9 Å². The maximum absolute atomic E-state index is 15.1. The molecule has 0 N–H and O–H groups in total. The van der Waals surface area contributed by atoms with E-state index in [9.17, 15) is 9.59 Å². The number of Topliss-reactive ketones (excluding diaryl/α,β-unsaturated/α-hetero) is 1. The van der Waals surface area contributed by atoms with Crippen LogP contribution in [0.2, 0.25) is 0 Å². The van der Waals surface area contributed by atoms with Gasteiger partial charge in [-0.25, -0.2) is 0 Å². The summed E-state index contributed by atoms with van der Waals surface area (Å²) in [4.78, 5) is 47.0. The Kier molecular flexibility index (Phi) is 6.24. The second-order valence-electron chi connectivity index (χ2n) is 11.0.